The van der Waals surface area contributed by atoms with E-state index in [4.69, 9.17) is 0 Å². The van der Waals surface area contributed by atoms with Crippen LogP contribution in [0, 0.1) is 23.0 Å². The fourth-order valence-corrected chi connectivity index (χ4v) is 4.44. The number of nitrogens with zero attached hydrogens (tertiary/aromatic N) is 2. The second-order valence-electron chi connectivity index (χ2n) is 4.79. The van der Waals surface area contributed by atoms with Crippen molar-refractivity contribution in [1.29, 1.82) is 5.26 Å². The number of hydrogen-bond donors (Lipinski definition) is 0. The predicted molar refractivity (Wildman–Crippen MR) is 76.2 cm³/mol. The van der Waals surface area contributed by atoms with Crippen molar-refractivity contribution < 1.29 is 17.2 Å². The molecule has 0 atom stereocenters. The SMILES string of the molecule is CSC1(C#N)CCN(S(=O)(=O)c2ccc(F)cc2F)CC1. The summed E-state index contributed by atoms with van der Waals surface area (Å²) in [5.74, 6) is -1.92. The van der Waals surface area contributed by atoms with Gasteiger partial charge in [0.1, 0.15) is 21.3 Å². The minimum absolute atomic E-state index is 0.146. The monoisotopic (exact) mass is 332 g/mol. The molecular weight excluding hydrogens is 318 g/mol. The van der Waals surface area contributed by atoms with Crippen LogP contribution in [-0.2, 0) is 10.0 Å². The van der Waals surface area contributed by atoms with Crippen molar-refractivity contribution in [3.63, 3.8) is 0 Å². The smallest absolute Gasteiger partial charge is 0.207 e. The minimum atomic E-state index is -4.00. The van der Waals surface area contributed by atoms with Gasteiger partial charge in [-0.15, -0.1) is 11.8 Å². The third kappa shape index (κ3) is 3.05. The molecule has 0 saturated carbocycles. The van der Waals surface area contributed by atoms with Crippen LogP contribution in [0.3, 0.4) is 0 Å². The molecule has 0 aromatic heterocycles. The van der Waals surface area contributed by atoms with Gasteiger partial charge in [-0.05, 0) is 31.2 Å². The average molecular weight is 332 g/mol. The number of rotatable bonds is 3. The third-order valence-electron chi connectivity index (χ3n) is 3.64. The Kier molecular flexibility index (Phi) is 4.56. The standard InChI is InChI=1S/C13H14F2N2O2S2/c1-20-13(9-16)4-6-17(7-5-13)21(18,19)12-3-2-10(14)8-11(12)15/h2-3,8H,4-7H2,1H3. The Morgan fingerprint density at radius 1 is 1.33 bits per heavy atom. The molecule has 1 aromatic carbocycles. The summed E-state index contributed by atoms with van der Waals surface area (Å²) in [4.78, 5) is -0.530. The van der Waals surface area contributed by atoms with E-state index in [2.05, 4.69) is 6.07 Å². The molecule has 1 fully saturated rings. The first-order chi connectivity index (χ1) is 9.84. The molecule has 0 spiro atoms. The molecular formula is C13H14F2N2O2S2. The highest BCUT2D eigenvalue weighted by Crippen LogP contribution is 2.35. The highest BCUT2D eigenvalue weighted by molar-refractivity contribution is 8.00. The van der Waals surface area contributed by atoms with Crippen molar-refractivity contribution in [1.82, 2.24) is 4.31 Å². The van der Waals surface area contributed by atoms with E-state index in [0.717, 1.165) is 16.4 Å². The van der Waals surface area contributed by atoms with E-state index in [1.165, 1.54) is 11.8 Å². The molecule has 114 valence electrons. The summed E-state index contributed by atoms with van der Waals surface area (Å²) in [6.45, 7) is 0.293. The number of sulfonamides is 1. The molecule has 21 heavy (non-hydrogen) atoms. The Balaban J connectivity index is 2.25. The van der Waals surface area contributed by atoms with Crippen LogP contribution < -0.4 is 0 Å². The van der Waals surface area contributed by atoms with Crippen LogP contribution in [0.25, 0.3) is 0 Å². The molecule has 8 heteroatoms. The van der Waals surface area contributed by atoms with Gasteiger partial charge in [-0.25, -0.2) is 17.2 Å². The van der Waals surface area contributed by atoms with Crippen LogP contribution in [0.15, 0.2) is 23.1 Å². The molecule has 0 radical (unpaired) electrons. The van der Waals surface area contributed by atoms with Crippen LogP contribution in [0.2, 0.25) is 0 Å². The first-order valence-corrected chi connectivity index (χ1v) is 8.93. The number of benzene rings is 1. The lowest BCUT2D eigenvalue weighted by atomic mass is 9.99. The normalized spacial score (nSPS) is 19.1. The molecule has 1 aromatic rings. The van der Waals surface area contributed by atoms with E-state index in [0.29, 0.717) is 18.9 Å². The van der Waals surface area contributed by atoms with Gasteiger partial charge in [0.2, 0.25) is 10.0 Å². The van der Waals surface area contributed by atoms with Gasteiger partial charge in [0.25, 0.3) is 0 Å². The quantitative estimate of drug-likeness (QED) is 0.852. The number of nitriles is 1. The van der Waals surface area contributed by atoms with Crippen molar-refractivity contribution in [3.8, 4) is 6.07 Å². The highest BCUT2D eigenvalue weighted by Gasteiger charge is 2.39. The summed E-state index contributed by atoms with van der Waals surface area (Å²) in [5, 5.41) is 9.18. The lowest BCUT2D eigenvalue weighted by Gasteiger charge is -2.35. The largest absolute Gasteiger partial charge is 0.245 e. The molecule has 4 nitrogen and oxygen atoms in total. The topological polar surface area (TPSA) is 61.2 Å². The highest BCUT2D eigenvalue weighted by atomic mass is 32.2. The zero-order valence-electron chi connectivity index (χ0n) is 11.3. The zero-order chi connectivity index (χ0) is 15.7. The van der Waals surface area contributed by atoms with E-state index in [9.17, 15) is 22.5 Å². The maximum atomic E-state index is 13.7. The Morgan fingerprint density at radius 2 is 1.95 bits per heavy atom. The number of piperidine rings is 1. The Bertz CT molecular complexity index is 678. The first kappa shape index (κ1) is 16.2. The van der Waals surface area contributed by atoms with Gasteiger partial charge in [-0.1, -0.05) is 0 Å². The van der Waals surface area contributed by atoms with E-state index in [1.807, 2.05) is 6.26 Å². The predicted octanol–water partition coefficient (Wildman–Crippen LogP) is 2.37. The van der Waals surface area contributed by atoms with Crippen LogP contribution in [0.1, 0.15) is 12.8 Å². The van der Waals surface area contributed by atoms with Gasteiger partial charge in [0.15, 0.2) is 0 Å². The molecule has 1 saturated heterocycles. The average Bonchev–Trinajstić information content (AvgIpc) is 2.47. The summed E-state index contributed by atoms with van der Waals surface area (Å²) in [5.41, 5.74) is 0. The molecule has 0 amide bonds. The summed E-state index contributed by atoms with van der Waals surface area (Å²) < 4.78 is 51.9. The molecule has 0 aliphatic carbocycles. The minimum Gasteiger partial charge on any atom is -0.207 e. The summed E-state index contributed by atoms with van der Waals surface area (Å²) in [7, 11) is -4.00. The van der Waals surface area contributed by atoms with Gasteiger partial charge in [-0.2, -0.15) is 9.57 Å². The van der Waals surface area contributed by atoms with E-state index >= 15 is 0 Å². The van der Waals surface area contributed by atoms with E-state index < -0.39 is 31.3 Å². The zero-order valence-corrected chi connectivity index (χ0v) is 13.0. The van der Waals surface area contributed by atoms with Gasteiger partial charge in [0.05, 0.1) is 6.07 Å². The van der Waals surface area contributed by atoms with Gasteiger partial charge in [0, 0.05) is 19.2 Å². The second-order valence-corrected chi connectivity index (χ2v) is 7.89. The summed E-state index contributed by atoms with van der Waals surface area (Å²) >= 11 is 1.40. The molecule has 2 rings (SSSR count). The number of halogens is 2. The van der Waals surface area contributed by atoms with Gasteiger partial charge < -0.3 is 0 Å². The first-order valence-electron chi connectivity index (χ1n) is 6.26. The number of hydrogen-bond acceptors (Lipinski definition) is 4. The lowest BCUT2D eigenvalue weighted by Crippen LogP contribution is -2.44. The van der Waals surface area contributed by atoms with Crippen molar-refractivity contribution in [2.24, 2.45) is 0 Å². The Hall–Kier alpha value is -1.17. The molecule has 1 aliphatic heterocycles. The molecule has 1 aliphatic rings. The maximum absolute atomic E-state index is 13.7. The Morgan fingerprint density at radius 3 is 2.43 bits per heavy atom. The second kappa shape index (κ2) is 5.91. The molecule has 1 heterocycles. The van der Waals surface area contributed by atoms with E-state index in [1.54, 1.807) is 0 Å². The van der Waals surface area contributed by atoms with E-state index in [-0.39, 0.29) is 13.1 Å². The Labute approximate surface area is 126 Å². The molecule has 0 unspecified atom stereocenters. The molecule has 0 bridgehead atoms. The maximum Gasteiger partial charge on any atom is 0.245 e. The fourth-order valence-electron chi connectivity index (χ4n) is 2.27. The van der Waals surface area contributed by atoms with Crippen molar-refractivity contribution in [3.05, 3.63) is 29.8 Å². The lowest BCUT2D eigenvalue weighted by molar-refractivity contribution is 0.326. The fraction of sp³-hybridized carbons (Fsp3) is 0.462. The van der Waals surface area contributed by atoms with Crippen molar-refractivity contribution in [2.75, 3.05) is 19.3 Å². The van der Waals surface area contributed by atoms with Gasteiger partial charge in [-0.3, -0.25) is 0 Å². The summed E-state index contributed by atoms with van der Waals surface area (Å²) in [6, 6.07) is 4.62. The summed E-state index contributed by atoms with van der Waals surface area (Å²) in [6.07, 6.45) is 2.58. The number of thioether (sulfide) groups is 1. The van der Waals surface area contributed by atoms with Crippen LogP contribution in [0.5, 0.6) is 0 Å². The third-order valence-corrected chi connectivity index (χ3v) is 6.85. The van der Waals surface area contributed by atoms with Crippen LogP contribution in [-0.4, -0.2) is 36.8 Å². The van der Waals surface area contributed by atoms with Crippen LogP contribution >= 0.6 is 11.8 Å². The van der Waals surface area contributed by atoms with Gasteiger partial charge >= 0.3 is 0 Å². The van der Waals surface area contributed by atoms with Crippen LogP contribution in [0.4, 0.5) is 8.78 Å². The van der Waals surface area contributed by atoms with Crippen molar-refractivity contribution in [2.45, 2.75) is 22.5 Å². The van der Waals surface area contributed by atoms with Crippen molar-refractivity contribution >= 4 is 21.8 Å². The molecule has 0 N–H and O–H groups in total.